The molecule has 6 nitrogen and oxygen atoms in total. The Kier molecular flexibility index (Phi) is 2.66. The summed E-state index contributed by atoms with van der Waals surface area (Å²) in [7, 11) is 0. The third-order valence-electron chi connectivity index (χ3n) is 3.03. The van der Waals surface area contributed by atoms with E-state index in [-0.39, 0.29) is 17.1 Å². The van der Waals surface area contributed by atoms with E-state index in [2.05, 4.69) is 15.0 Å². The molecule has 20 heavy (non-hydrogen) atoms. The number of benzene rings is 1. The smallest absolute Gasteiger partial charge is 0.231 e. The van der Waals surface area contributed by atoms with Gasteiger partial charge in [0.1, 0.15) is 18.0 Å². The summed E-state index contributed by atoms with van der Waals surface area (Å²) in [6, 6.07) is 7.38. The Bertz CT molecular complexity index is 854. The lowest BCUT2D eigenvalue weighted by atomic mass is 10.0. The van der Waals surface area contributed by atoms with E-state index in [0.29, 0.717) is 5.56 Å². The minimum atomic E-state index is -0.363. The van der Waals surface area contributed by atoms with E-state index in [1.54, 1.807) is 6.20 Å². The molecule has 0 saturated heterocycles. The summed E-state index contributed by atoms with van der Waals surface area (Å²) in [5, 5.41) is 19.4. The number of fused-ring (bicyclic) bond motifs is 1. The largest absolute Gasteiger partial charge is 0.492 e. The van der Waals surface area contributed by atoms with Gasteiger partial charge in [0.25, 0.3) is 0 Å². The number of aromatic nitrogens is 3. The molecule has 0 aliphatic carbocycles. The second-order valence-electron chi connectivity index (χ2n) is 4.19. The minimum absolute atomic E-state index is 0.0214. The number of hydrogen-bond donors (Lipinski definition) is 2. The summed E-state index contributed by atoms with van der Waals surface area (Å²) in [6.07, 6.45) is 4.61. The van der Waals surface area contributed by atoms with E-state index >= 15 is 0 Å². The molecule has 6 heteroatoms. The predicted molar refractivity (Wildman–Crippen MR) is 73.6 cm³/mol. The van der Waals surface area contributed by atoms with E-state index in [9.17, 15) is 5.11 Å². The van der Waals surface area contributed by atoms with Crippen LogP contribution in [0.15, 0.2) is 36.9 Å². The Hall–Kier alpha value is -3.20. The first-order valence-corrected chi connectivity index (χ1v) is 5.78. The molecule has 0 fully saturated rings. The summed E-state index contributed by atoms with van der Waals surface area (Å²) in [5.74, 6) is -0.363. The molecule has 3 rings (SSSR count). The SMILES string of the molecule is N#Cc1c(O)ncc(-c2ccc3ncncc3c2)c1N. The van der Waals surface area contributed by atoms with Crippen LogP contribution in [0, 0.1) is 11.3 Å². The quantitative estimate of drug-likeness (QED) is 0.693. The third-order valence-corrected chi connectivity index (χ3v) is 3.03. The highest BCUT2D eigenvalue weighted by atomic mass is 16.3. The Balaban J connectivity index is 2.24. The highest BCUT2D eigenvalue weighted by Gasteiger charge is 2.13. The van der Waals surface area contributed by atoms with Gasteiger partial charge in [0.2, 0.25) is 5.88 Å². The number of hydrogen-bond acceptors (Lipinski definition) is 6. The molecular formula is C14H9N5O. The number of nitriles is 1. The van der Waals surface area contributed by atoms with Gasteiger partial charge in [-0.3, -0.25) is 0 Å². The van der Waals surface area contributed by atoms with Crippen LogP contribution < -0.4 is 5.73 Å². The van der Waals surface area contributed by atoms with Crippen LogP contribution in [0.2, 0.25) is 0 Å². The minimum Gasteiger partial charge on any atom is -0.492 e. The van der Waals surface area contributed by atoms with Crippen LogP contribution in [0.25, 0.3) is 22.0 Å². The van der Waals surface area contributed by atoms with Gasteiger partial charge in [-0.2, -0.15) is 5.26 Å². The molecule has 1 aromatic carbocycles. The maximum Gasteiger partial charge on any atom is 0.231 e. The maximum atomic E-state index is 9.50. The van der Waals surface area contributed by atoms with Crippen LogP contribution in [-0.2, 0) is 0 Å². The van der Waals surface area contributed by atoms with Crippen LogP contribution in [0.1, 0.15) is 5.56 Å². The average Bonchev–Trinajstić information content (AvgIpc) is 2.47. The van der Waals surface area contributed by atoms with Crippen LogP contribution in [0.5, 0.6) is 5.88 Å². The molecule has 0 aliphatic heterocycles. The molecule has 0 aliphatic rings. The monoisotopic (exact) mass is 263 g/mol. The zero-order valence-corrected chi connectivity index (χ0v) is 10.3. The summed E-state index contributed by atoms with van der Waals surface area (Å²) in [5.41, 5.74) is 8.29. The van der Waals surface area contributed by atoms with Crippen LogP contribution in [0.4, 0.5) is 5.69 Å². The fraction of sp³-hybridized carbons (Fsp3) is 0. The topological polar surface area (TPSA) is 109 Å². The fourth-order valence-electron chi connectivity index (χ4n) is 2.01. The molecule has 3 aromatic rings. The molecule has 2 heterocycles. The first kappa shape index (κ1) is 11.9. The van der Waals surface area contributed by atoms with Gasteiger partial charge in [-0.05, 0) is 17.7 Å². The van der Waals surface area contributed by atoms with Crippen molar-refractivity contribution in [2.75, 3.05) is 5.73 Å². The third kappa shape index (κ3) is 1.78. The van der Waals surface area contributed by atoms with Crippen LogP contribution >= 0.6 is 0 Å². The Morgan fingerprint density at radius 2 is 2.05 bits per heavy atom. The van der Waals surface area contributed by atoms with E-state index < -0.39 is 0 Å². The van der Waals surface area contributed by atoms with Gasteiger partial charge in [0.15, 0.2) is 0 Å². The first-order chi connectivity index (χ1) is 9.70. The zero-order chi connectivity index (χ0) is 14.1. The summed E-state index contributed by atoms with van der Waals surface area (Å²) in [6.45, 7) is 0. The number of pyridine rings is 1. The molecule has 0 unspecified atom stereocenters. The average molecular weight is 263 g/mol. The van der Waals surface area contributed by atoms with Crippen molar-refractivity contribution < 1.29 is 5.11 Å². The number of rotatable bonds is 1. The Labute approximate surface area is 114 Å². The Morgan fingerprint density at radius 1 is 1.20 bits per heavy atom. The van der Waals surface area contributed by atoms with E-state index in [1.165, 1.54) is 12.5 Å². The fourth-order valence-corrected chi connectivity index (χ4v) is 2.01. The van der Waals surface area contributed by atoms with E-state index in [4.69, 9.17) is 11.0 Å². The van der Waals surface area contributed by atoms with Crippen molar-refractivity contribution in [1.82, 2.24) is 15.0 Å². The molecule has 96 valence electrons. The van der Waals surface area contributed by atoms with Crippen molar-refractivity contribution in [2.24, 2.45) is 0 Å². The van der Waals surface area contributed by atoms with Gasteiger partial charge in [0, 0.05) is 23.3 Å². The van der Waals surface area contributed by atoms with Crippen LogP contribution in [-0.4, -0.2) is 20.1 Å². The Morgan fingerprint density at radius 3 is 2.85 bits per heavy atom. The maximum absolute atomic E-state index is 9.50. The van der Waals surface area contributed by atoms with Gasteiger partial charge < -0.3 is 10.8 Å². The van der Waals surface area contributed by atoms with E-state index in [1.807, 2.05) is 24.3 Å². The molecule has 0 atom stereocenters. The predicted octanol–water partition coefficient (Wildman–Crippen LogP) is 1.85. The number of anilines is 1. The van der Waals surface area contributed by atoms with E-state index in [0.717, 1.165) is 16.5 Å². The van der Waals surface area contributed by atoms with Gasteiger partial charge in [-0.1, -0.05) is 6.07 Å². The normalized spacial score (nSPS) is 10.3. The van der Waals surface area contributed by atoms with Crippen LogP contribution in [0.3, 0.4) is 0 Å². The lowest BCUT2D eigenvalue weighted by Crippen LogP contribution is -1.97. The number of nitrogens with zero attached hydrogens (tertiary/aromatic N) is 4. The zero-order valence-electron chi connectivity index (χ0n) is 10.3. The second kappa shape index (κ2) is 4.48. The molecule has 0 saturated carbocycles. The number of nitrogens with two attached hydrogens (primary N) is 1. The number of nitrogen functional groups attached to an aromatic ring is 1. The highest BCUT2D eigenvalue weighted by Crippen LogP contribution is 2.32. The van der Waals surface area contributed by atoms with Gasteiger partial charge in [-0.15, -0.1) is 0 Å². The molecule has 0 bridgehead atoms. The van der Waals surface area contributed by atoms with Gasteiger partial charge in [0.05, 0.1) is 11.2 Å². The van der Waals surface area contributed by atoms with Gasteiger partial charge in [-0.25, -0.2) is 15.0 Å². The summed E-state index contributed by atoms with van der Waals surface area (Å²) in [4.78, 5) is 11.9. The van der Waals surface area contributed by atoms with Crippen molar-refractivity contribution in [3.8, 4) is 23.1 Å². The van der Waals surface area contributed by atoms with Gasteiger partial charge >= 0.3 is 0 Å². The lowest BCUT2D eigenvalue weighted by Gasteiger charge is -2.08. The lowest BCUT2D eigenvalue weighted by molar-refractivity contribution is 0.452. The van der Waals surface area contributed by atoms with Crippen molar-refractivity contribution in [3.05, 3.63) is 42.5 Å². The molecule has 0 radical (unpaired) electrons. The molecular weight excluding hydrogens is 254 g/mol. The standard InChI is InChI=1S/C14H9N5O/c15-4-10-13(16)11(6-18-14(10)20)8-1-2-12-9(3-8)5-17-7-19-12/h1-3,5-7H,(H3,16,18,20). The van der Waals surface area contributed by atoms with Crippen molar-refractivity contribution in [2.45, 2.75) is 0 Å². The highest BCUT2D eigenvalue weighted by molar-refractivity contribution is 5.88. The molecule has 2 aromatic heterocycles. The first-order valence-electron chi connectivity index (χ1n) is 5.78. The second-order valence-corrected chi connectivity index (χ2v) is 4.19. The van der Waals surface area contributed by atoms with Crippen molar-refractivity contribution >= 4 is 16.6 Å². The summed E-state index contributed by atoms with van der Waals surface area (Å²) >= 11 is 0. The van der Waals surface area contributed by atoms with Crippen molar-refractivity contribution in [3.63, 3.8) is 0 Å². The molecule has 0 spiro atoms. The van der Waals surface area contributed by atoms with Crippen molar-refractivity contribution in [1.29, 1.82) is 5.26 Å². The molecule has 0 amide bonds. The molecule has 3 N–H and O–H groups in total. The number of aromatic hydroxyl groups is 1. The summed E-state index contributed by atoms with van der Waals surface area (Å²) < 4.78 is 0.